The smallest absolute Gasteiger partial charge is 0.262 e. The fourth-order valence-electron chi connectivity index (χ4n) is 3.45. The van der Waals surface area contributed by atoms with Crippen molar-refractivity contribution in [1.82, 2.24) is 0 Å². The number of nitrogens with one attached hydrogen (secondary N) is 2. The van der Waals surface area contributed by atoms with E-state index >= 15 is 0 Å². The monoisotopic (exact) mass is 403 g/mol. The summed E-state index contributed by atoms with van der Waals surface area (Å²) in [4.78, 5) is 27.6. The number of thioether (sulfide) groups is 1. The Morgan fingerprint density at radius 3 is 2.34 bits per heavy atom. The van der Waals surface area contributed by atoms with Crippen LogP contribution >= 0.6 is 11.8 Å². The molecule has 4 rings (SSSR count). The van der Waals surface area contributed by atoms with Gasteiger partial charge in [-0.3, -0.25) is 14.5 Å². The highest BCUT2D eigenvalue weighted by Gasteiger charge is 2.33. The maximum Gasteiger partial charge on any atom is 0.262 e. The molecule has 1 heterocycles. The summed E-state index contributed by atoms with van der Waals surface area (Å²) in [6, 6.07) is 23.1. The van der Waals surface area contributed by atoms with E-state index in [1.165, 1.54) is 11.8 Å². The van der Waals surface area contributed by atoms with Gasteiger partial charge in [0, 0.05) is 28.9 Å². The lowest BCUT2D eigenvalue weighted by Crippen LogP contribution is -2.43. The molecule has 1 aliphatic heterocycles. The molecule has 3 aromatic rings. The van der Waals surface area contributed by atoms with Crippen molar-refractivity contribution in [2.75, 3.05) is 21.8 Å². The van der Waals surface area contributed by atoms with Gasteiger partial charge in [-0.1, -0.05) is 24.3 Å². The Morgan fingerprint density at radius 1 is 1.00 bits per heavy atom. The van der Waals surface area contributed by atoms with Crippen LogP contribution < -0.4 is 15.5 Å². The van der Waals surface area contributed by atoms with E-state index in [2.05, 4.69) is 22.8 Å². The average Bonchev–Trinajstić information content (AvgIpc) is 2.74. The third kappa shape index (κ3) is 3.84. The SMILES string of the molecule is CSc1ccc([C@@H]2Nc3ccccc3C(=O)N2c2ccc(NC(C)=O)cc2)cc1. The Balaban J connectivity index is 1.76. The van der Waals surface area contributed by atoms with Gasteiger partial charge in [-0.05, 0) is 60.4 Å². The second kappa shape index (κ2) is 8.01. The van der Waals surface area contributed by atoms with Gasteiger partial charge in [0.15, 0.2) is 0 Å². The molecule has 6 heteroatoms. The molecular formula is C23H21N3O2S. The lowest BCUT2D eigenvalue weighted by atomic mass is 10.0. The molecule has 0 fully saturated rings. The number of para-hydroxylation sites is 1. The van der Waals surface area contributed by atoms with Crippen LogP contribution in [0.25, 0.3) is 0 Å². The largest absolute Gasteiger partial charge is 0.360 e. The van der Waals surface area contributed by atoms with Crippen LogP contribution in [0.5, 0.6) is 0 Å². The molecule has 1 atom stereocenters. The number of benzene rings is 3. The van der Waals surface area contributed by atoms with Gasteiger partial charge >= 0.3 is 0 Å². The maximum absolute atomic E-state index is 13.4. The number of fused-ring (bicyclic) bond motifs is 1. The number of hydrogen-bond donors (Lipinski definition) is 2. The molecule has 0 spiro atoms. The van der Waals surface area contributed by atoms with E-state index in [-0.39, 0.29) is 18.0 Å². The van der Waals surface area contributed by atoms with Gasteiger partial charge < -0.3 is 10.6 Å². The summed E-state index contributed by atoms with van der Waals surface area (Å²) < 4.78 is 0. The van der Waals surface area contributed by atoms with Gasteiger partial charge in [0.1, 0.15) is 6.17 Å². The van der Waals surface area contributed by atoms with Crippen LogP contribution in [0.2, 0.25) is 0 Å². The van der Waals surface area contributed by atoms with Crippen molar-refractivity contribution in [2.24, 2.45) is 0 Å². The molecular weight excluding hydrogens is 382 g/mol. The van der Waals surface area contributed by atoms with Gasteiger partial charge in [-0.25, -0.2) is 0 Å². The number of nitrogens with zero attached hydrogens (tertiary/aromatic N) is 1. The van der Waals surface area contributed by atoms with Crippen LogP contribution in [0, 0.1) is 0 Å². The highest BCUT2D eigenvalue weighted by Crippen LogP contribution is 2.37. The fraction of sp³-hybridized carbons (Fsp3) is 0.130. The zero-order valence-corrected chi connectivity index (χ0v) is 17.0. The number of anilines is 3. The molecule has 2 N–H and O–H groups in total. The number of carbonyl (C=O) groups excluding carboxylic acids is 2. The third-order valence-electron chi connectivity index (χ3n) is 4.82. The first kappa shape index (κ1) is 19.1. The van der Waals surface area contributed by atoms with E-state index in [1.54, 1.807) is 28.8 Å². The molecule has 29 heavy (non-hydrogen) atoms. The van der Waals surface area contributed by atoms with Crippen LogP contribution in [0.1, 0.15) is 29.0 Å². The van der Waals surface area contributed by atoms with Crippen molar-refractivity contribution < 1.29 is 9.59 Å². The van der Waals surface area contributed by atoms with Crippen LogP contribution in [0.4, 0.5) is 17.1 Å². The molecule has 5 nitrogen and oxygen atoms in total. The van der Waals surface area contributed by atoms with Gasteiger partial charge in [-0.15, -0.1) is 11.8 Å². The summed E-state index contributed by atoms with van der Waals surface area (Å²) in [6.45, 7) is 1.47. The van der Waals surface area contributed by atoms with E-state index in [4.69, 9.17) is 0 Å². The summed E-state index contributed by atoms with van der Waals surface area (Å²) in [5.41, 5.74) is 3.90. The van der Waals surface area contributed by atoms with Gasteiger partial charge in [0.2, 0.25) is 5.91 Å². The Kier molecular flexibility index (Phi) is 5.27. The van der Waals surface area contributed by atoms with E-state index in [0.717, 1.165) is 16.9 Å². The van der Waals surface area contributed by atoms with Crippen LogP contribution in [-0.4, -0.2) is 18.1 Å². The molecule has 0 bridgehead atoms. The van der Waals surface area contributed by atoms with Gasteiger partial charge in [0.05, 0.1) is 5.56 Å². The third-order valence-corrected chi connectivity index (χ3v) is 5.57. The van der Waals surface area contributed by atoms with Crippen molar-refractivity contribution in [1.29, 1.82) is 0 Å². The predicted molar refractivity (Wildman–Crippen MR) is 119 cm³/mol. The van der Waals surface area contributed by atoms with Crippen molar-refractivity contribution in [3.05, 3.63) is 83.9 Å². The molecule has 0 saturated carbocycles. The van der Waals surface area contributed by atoms with E-state index in [0.29, 0.717) is 11.3 Å². The molecule has 146 valence electrons. The number of amides is 2. The van der Waals surface area contributed by atoms with Gasteiger partial charge in [-0.2, -0.15) is 0 Å². The highest BCUT2D eigenvalue weighted by molar-refractivity contribution is 7.98. The summed E-state index contributed by atoms with van der Waals surface area (Å²) >= 11 is 1.68. The Labute approximate surface area is 174 Å². The maximum atomic E-state index is 13.4. The minimum Gasteiger partial charge on any atom is -0.360 e. The Morgan fingerprint density at radius 2 is 1.69 bits per heavy atom. The normalized spacial score (nSPS) is 15.4. The minimum atomic E-state index is -0.333. The highest BCUT2D eigenvalue weighted by atomic mass is 32.2. The fourth-order valence-corrected chi connectivity index (χ4v) is 3.86. The van der Waals surface area contributed by atoms with Crippen molar-refractivity contribution in [3.63, 3.8) is 0 Å². The van der Waals surface area contributed by atoms with Crippen molar-refractivity contribution >= 4 is 40.6 Å². The molecule has 0 saturated heterocycles. The standard InChI is InChI=1S/C23H21N3O2S/c1-15(27)24-17-9-11-18(12-10-17)26-22(16-7-13-19(29-2)14-8-16)25-21-6-4-3-5-20(21)23(26)28/h3-14,22,25H,1-2H3,(H,24,27)/t22-/m1/s1. The lowest BCUT2D eigenvalue weighted by Gasteiger charge is -2.38. The van der Waals surface area contributed by atoms with E-state index in [1.807, 2.05) is 54.8 Å². The predicted octanol–water partition coefficient (Wildman–Crippen LogP) is 5.14. The van der Waals surface area contributed by atoms with Crippen molar-refractivity contribution in [3.8, 4) is 0 Å². The molecule has 2 amide bonds. The summed E-state index contributed by atoms with van der Waals surface area (Å²) in [5, 5.41) is 6.26. The number of rotatable bonds is 4. The summed E-state index contributed by atoms with van der Waals surface area (Å²) in [7, 11) is 0. The second-order valence-corrected chi connectivity index (χ2v) is 7.65. The first-order valence-electron chi connectivity index (χ1n) is 9.27. The lowest BCUT2D eigenvalue weighted by molar-refractivity contribution is -0.114. The molecule has 0 aliphatic carbocycles. The van der Waals surface area contributed by atoms with E-state index < -0.39 is 0 Å². The summed E-state index contributed by atoms with van der Waals surface area (Å²) in [5.74, 6) is -0.195. The first-order chi connectivity index (χ1) is 14.1. The number of hydrogen-bond acceptors (Lipinski definition) is 4. The molecule has 1 aliphatic rings. The minimum absolute atomic E-state index is 0.0643. The number of carbonyl (C=O) groups is 2. The Hall–Kier alpha value is -3.25. The molecule has 3 aromatic carbocycles. The topological polar surface area (TPSA) is 61.4 Å². The molecule has 0 aromatic heterocycles. The second-order valence-electron chi connectivity index (χ2n) is 6.77. The van der Waals surface area contributed by atoms with Crippen molar-refractivity contribution in [2.45, 2.75) is 18.0 Å². The van der Waals surface area contributed by atoms with Crippen LogP contribution in [0.15, 0.2) is 77.7 Å². The average molecular weight is 404 g/mol. The first-order valence-corrected chi connectivity index (χ1v) is 10.5. The molecule has 0 radical (unpaired) electrons. The van der Waals surface area contributed by atoms with Crippen LogP contribution in [0.3, 0.4) is 0 Å². The zero-order valence-electron chi connectivity index (χ0n) is 16.2. The Bertz CT molecular complexity index is 1050. The quantitative estimate of drug-likeness (QED) is 0.592. The summed E-state index contributed by atoms with van der Waals surface area (Å²) in [6.07, 6.45) is 1.70. The zero-order chi connectivity index (χ0) is 20.4. The molecule has 0 unspecified atom stereocenters. The van der Waals surface area contributed by atoms with Crippen LogP contribution in [-0.2, 0) is 4.79 Å². The van der Waals surface area contributed by atoms with Gasteiger partial charge in [0.25, 0.3) is 5.91 Å². The van der Waals surface area contributed by atoms with E-state index in [9.17, 15) is 9.59 Å².